The fraction of sp³-hybridized carbons (Fsp3) is 0.818. The Morgan fingerprint density at radius 2 is 2.38 bits per heavy atom. The summed E-state index contributed by atoms with van der Waals surface area (Å²) in [5, 5.41) is 7.70. The zero-order valence-electron chi connectivity index (χ0n) is 10.0. The lowest BCUT2D eigenvalue weighted by molar-refractivity contribution is -0.100. The van der Waals surface area contributed by atoms with Gasteiger partial charge < -0.3 is 10.1 Å². The predicted octanol–water partition coefficient (Wildman–Crippen LogP) is 0.683. The molecule has 1 aromatic rings. The van der Waals surface area contributed by atoms with Gasteiger partial charge in [0.15, 0.2) is 0 Å². The van der Waals surface area contributed by atoms with Gasteiger partial charge in [0.25, 0.3) is 0 Å². The van der Waals surface area contributed by atoms with Crippen LogP contribution in [0.5, 0.6) is 0 Å². The fourth-order valence-electron chi connectivity index (χ4n) is 1.83. The number of nitrogens with zero attached hydrogens (tertiary/aromatic N) is 3. The second-order valence-electron chi connectivity index (χ2n) is 4.91. The van der Waals surface area contributed by atoms with E-state index >= 15 is 0 Å². The molecule has 1 aromatic heterocycles. The van der Waals surface area contributed by atoms with E-state index in [1.165, 1.54) is 0 Å². The van der Waals surface area contributed by atoms with Crippen LogP contribution in [0.1, 0.15) is 20.3 Å². The molecule has 0 aromatic carbocycles. The summed E-state index contributed by atoms with van der Waals surface area (Å²) in [5.41, 5.74) is 0.329. The molecular formula is C11H20N4O. The van der Waals surface area contributed by atoms with Crippen LogP contribution >= 0.6 is 0 Å². The lowest BCUT2D eigenvalue weighted by atomic mass is 9.88. The fourth-order valence-corrected chi connectivity index (χ4v) is 1.83. The third kappa shape index (κ3) is 2.80. The number of aromatic nitrogens is 3. The highest BCUT2D eigenvalue weighted by Gasteiger charge is 2.33. The first kappa shape index (κ1) is 11.5. The first-order valence-electron chi connectivity index (χ1n) is 5.85. The number of hydrogen-bond acceptors (Lipinski definition) is 4. The second kappa shape index (κ2) is 4.93. The van der Waals surface area contributed by atoms with E-state index in [4.69, 9.17) is 4.74 Å². The van der Waals surface area contributed by atoms with Crippen molar-refractivity contribution in [1.29, 1.82) is 0 Å². The number of nitrogens with one attached hydrogen (secondary N) is 1. The molecule has 1 aliphatic heterocycles. The quantitative estimate of drug-likeness (QED) is 0.772. The van der Waals surface area contributed by atoms with E-state index in [1.807, 2.05) is 4.68 Å². The Morgan fingerprint density at radius 1 is 1.56 bits per heavy atom. The second-order valence-corrected chi connectivity index (χ2v) is 4.91. The van der Waals surface area contributed by atoms with Gasteiger partial charge in [-0.3, -0.25) is 4.68 Å². The molecule has 1 saturated heterocycles. The van der Waals surface area contributed by atoms with E-state index < -0.39 is 0 Å². The van der Waals surface area contributed by atoms with Crippen LogP contribution < -0.4 is 5.32 Å². The Labute approximate surface area is 96.2 Å². The van der Waals surface area contributed by atoms with Crippen molar-refractivity contribution in [3.63, 3.8) is 0 Å². The average molecular weight is 224 g/mol. The highest BCUT2D eigenvalue weighted by atomic mass is 16.5. The van der Waals surface area contributed by atoms with E-state index in [0.29, 0.717) is 11.5 Å². The van der Waals surface area contributed by atoms with Crippen molar-refractivity contribution in [2.45, 2.75) is 32.9 Å². The Balaban J connectivity index is 1.77. The van der Waals surface area contributed by atoms with Gasteiger partial charge in [0.2, 0.25) is 0 Å². The van der Waals surface area contributed by atoms with Crippen LogP contribution in [0.4, 0.5) is 0 Å². The summed E-state index contributed by atoms with van der Waals surface area (Å²) in [7, 11) is 0. The average Bonchev–Trinajstić information content (AvgIpc) is 2.74. The van der Waals surface area contributed by atoms with E-state index in [2.05, 4.69) is 29.2 Å². The third-order valence-corrected chi connectivity index (χ3v) is 3.09. The van der Waals surface area contributed by atoms with Crippen molar-refractivity contribution in [1.82, 2.24) is 20.1 Å². The van der Waals surface area contributed by atoms with Gasteiger partial charge in [0.1, 0.15) is 12.7 Å². The summed E-state index contributed by atoms with van der Waals surface area (Å²) in [4.78, 5) is 3.95. The topological polar surface area (TPSA) is 52.0 Å². The van der Waals surface area contributed by atoms with Crippen molar-refractivity contribution < 1.29 is 4.74 Å². The Bertz CT molecular complexity index is 308. The van der Waals surface area contributed by atoms with Crippen LogP contribution in [-0.4, -0.2) is 40.6 Å². The normalized spacial score (nSPS) is 20.4. The highest BCUT2D eigenvalue weighted by Crippen LogP contribution is 2.25. The minimum atomic E-state index is 0.329. The third-order valence-electron chi connectivity index (χ3n) is 3.09. The maximum absolute atomic E-state index is 5.24. The largest absolute Gasteiger partial charge is 0.380 e. The smallest absolute Gasteiger partial charge is 0.137 e. The minimum Gasteiger partial charge on any atom is -0.380 e. The first-order chi connectivity index (χ1) is 7.72. The van der Waals surface area contributed by atoms with E-state index in [-0.39, 0.29) is 0 Å². The molecule has 0 aliphatic carbocycles. The van der Waals surface area contributed by atoms with E-state index in [1.54, 1.807) is 12.7 Å². The van der Waals surface area contributed by atoms with Crippen LogP contribution in [0.2, 0.25) is 0 Å². The summed E-state index contributed by atoms with van der Waals surface area (Å²) in [6.07, 6.45) is 4.43. The summed E-state index contributed by atoms with van der Waals surface area (Å²) in [6, 6.07) is 0.458. The van der Waals surface area contributed by atoms with Gasteiger partial charge >= 0.3 is 0 Å². The Kier molecular flexibility index (Phi) is 3.56. The summed E-state index contributed by atoms with van der Waals surface area (Å²) in [5.74, 6) is 0. The predicted molar refractivity (Wildman–Crippen MR) is 61.0 cm³/mol. The molecule has 1 atom stereocenters. The van der Waals surface area contributed by atoms with Gasteiger partial charge in [0, 0.05) is 18.0 Å². The van der Waals surface area contributed by atoms with Gasteiger partial charge in [-0.2, -0.15) is 5.10 Å². The molecule has 0 bridgehead atoms. The molecule has 5 heteroatoms. The maximum Gasteiger partial charge on any atom is 0.137 e. The summed E-state index contributed by atoms with van der Waals surface area (Å²) < 4.78 is 7.12. The van der Waals surface area contributed by atoms with Crippen LogP contribution in [0.3, 0.4) is 0 Å². The maximum atomic E-state index is 5.24. The van der Waals surface area contributed by atoms with E-state index in [0.717, 1.165) is 32.7 Å². The van der Waals surface area contributed by atoms with Gasteiger partial charge in [-0.05, 0) is 6.42 Å². The van der Waals surface area contributed by atoms with Gasteiger partial charge in [-0.25, -0.2) is 4.98 Å². The Hall–Kier alpha value is -0.940. The summed E-state index contributed by atoms with van der Waals surface area (Å²) >= 11 is 0. The zero-order valence-corrected chi connectivity index (χ0v) is 10.0. The lowest BCUT2D eigenvalue weighted by Gasteiger charge is -2.39. The molecule has 1 unspecified atom stereocenters. The van der Waals surface area contributed by atoms with Crippen molar-refractivity contribution >= 4 is 0 Å². The lowest BCUT2D eigenvalue weighted by Crippen LogP contribution is -2.50. The van der Waals surface area contributed by atoms with Crippen LogP contribution in [0.25, 0.3) is 0 Å². The van der Waals surface area contributed by atoms with Crippen LogP contribution in [-0.2, 0) is 11.3 Å². The first-order valence-corrected chi connectivity index (χ1v) is 5.85. The molecule has 1 N–H and O–H groups in total. The van der Waals surface area contributed by atoms with Crippen LogP contribution in [0, 0.1) is 5.41 Å². The minimum absolute atomic E-state index is 0.329. The Morgan fingerprint density at radius 3 is 2.88 bits per heavy atom. The molecule has 90 valence electrons. The molecule has 5 nitrogen and oxygen atoms in total. The molecule has 2 rings (SSSR count). The molecule has 1 fully saturated rings. The van der Waals surface area contributed by atoms with Crippen molar-refractivity contribution in [3.8, 4) is 0 Å². The summed E-state index contributed by atoms with van der Waals surface area (Å²) in [6.45, 7) is 8.09. The molecule has 1 aliphatic rings. The monoisotopic (exact) mass is 224 g/mol. The molecule has 0 radical (unpaired) electrons. The molecule has 0 spiro atoms. The number of rotatable bonds is 6. The number of hydrogen-bond donors (Lipinski definition) is 1. The SMILES string of the molecule is CCC(Cn1cncn1)NCC1(C)COC1. The number of ether oxygens (including phenoxy) is 1. The van der Waals surface area contributed by atoms with E-state index in [9.17, 15) is 0 Å². The van der Waals surface area contributed by atoms with Crippen molar-refractivity contribution in [3.05, 3.63) is 12.7 Å². The zero-order chi connectivity index (χ0) is 11.4. The molecule has 16 heavy (non-hydrogen) atoms. The molecule has 2 heterocycles. The van der Waals surface area contributed by atoms with Gasteiger partial charge in [-0.1, -0.05) is 13.8 Å². The standard InChI is InChI=1S/C11H20N4O/c1-3-10(4-15-9-12-8-14-15)13-5-11(2)6-16-7-11/h8-10,13H,3-7H2,1-2H3. The van der Waals surface area contributed by atoms with Crippen molar-refractivity contribution in [2.75, 3.05) is 19.8 Å². The molecule has 0 saturated carbocycles. The van der Waals surface area contributed by atoms with Crippen LogP contribution in [0.15, 0.2) is 12.7 Å². The van der Waals surface area contributed by atoms with Gasteiger partial charge in [0.05, 0.1) is 19.8 Å². The molecule has 0 amide bonds. The molecular weight excluding hydrogens is 204 g/mol. The highest BCUT2D eigenvalue weighted by molar-refractivity contribution is 4.84. The van der Waals surface area contributed by atoms with Gasteiger partial charge in [-0.15, -0.1) is 0 Å². The van der Waals surface area contributed by atoms with Crippen molar-refractivity contribution in [2.24, 2.45) is 5.41 Å².